The first-order valence-electron chi connectivity index (χ1n) is 13.7. The molecule has 0 spiro atoms. The Hall–Kier alpha value is -3.80. The average Bonchev–Trinajstić information content (AvgIpc) is 2.92. The van der Waals surface area contributed by atoms with Gasteiger partial charge in [0.1, 0.15) is 17.2 Å². The molecule has 224 valence electrons. The zero-order valence-electron chi connectivity index (χ0n) is 23.8. The topological polar surface area (TPSA) is 61.8 Å². The van der Waals surface area contributed by atoms with Gasteiger partial charge in [0.05, 0.1) is 17.1 Å². The van der Waals surface area contributed by atoms with Gasteiger partial charge in [-0.3, -0.25) is 4.79 Å². The van der Waals surface area contributed by atoms with Crippen LogP contribution >= 0.6 is 0 Å². The lowest BCUT2D eigenvalue weighted by Gasteiger charge is -2.36. The number of alkyl halides is 3. The number of hydrogen-bond donors (Lipinski definition) is 0. The zero-order valence-corrected chi connectivity index (χ0v) is 23.8. The summed E-state index contributed by atoms with van der Waals surface area (Å²) >= 11 is 0. The molecule has 42 heavy (non-hydrogen) atoms. The second-order valence-electron chi connectivity index (χ2n) is 11.1. The number of piperidine rings is 1. The van der Waals surface area contributed by atoms with E-state index in [9.17, 15) is 18.0 Å². The zero-order chi connectivity index (χ0) is 30.3. The first-order valence-corrected chi connectivity index (χ1v) is 13.7. The van der Waals surface area contributed by atoms with E-state index in [0.29, 0.717) is 36.6 Å². The molecule has 3 aromatic rings. The van der Waals surface area contributed by atoms with Gasteiger partial charge < -0.3 is 19.4 Å². The van der Waals surface area contributed by atoms with E-state index in [1.54, 1.807) is 26.0 Å². The Balaban J connectivity index is 1.47. The summed E-state index contributed by atoms with van der Waals surface area (Å²) in [5.41, 5.74) is -0.914. The second-order valence-corrected chi connectivity index (χ2v) is 11.1. The van der Waals surface area contributed by atoms with Gasteiger partial charge in [-0.15, -0.1) is 0 Å². The standard InChI is InChI=1S/C30H32F5N5O2/c1-17(2)40-25-14-19(13-23(32)29(25)42-16-27(40)41)28-21(30(33,34)35)15-36-26(37-28)12-18-5-6-24(22(31)11-18)39-9-7-20(8-10-39)38(3)4/h5-6,11,13-15,17,20H,7-10,12,16H2,1-4H3. The highest BCUT2D eigenvalue weighted by Gasteiger charge is 2.37. The number of anilines is 2. The fourth-order valence-corrected chi connectivity index (χ4v) is 5.60. The maximum atomic E-state index is 15.2. The number of aromatic nitrogens is 2. The van der Waals surface area contributed by atoms with E-state index in [4.69, 9.17) is 4.74 Å². The van der Waals surface area contributed by atoms with Crippen LogP contribution in [0.2, 0.25) is 0 Å². The summed E-state index contributed by atoms with van der Waals surface area (Å²) < 4.78 is 77.6. The lowest BCUT2D eigenvalue weighted by Crippen LogP contribution is -2.43. The van der Waals surface area contributed by atoms with Crippen molar-refractivity contribution in [2.45, 2.75) is 51.4 Å². The Bertz CT molecular complexity index is 1490. The van der Waals surface area contributed by atoms with Crippen LogP contribution in [-0.2, 0) is 17.4 Å². The summed E-state index contributed by atoms with van der Waals surface area (Å²) in [6, 6.07) is 6.94. The van der Waals surface area contributed by atoms with Crippen molar-refractivity contribution < 1.29 is 31.5 Å². The van der Waals surface area contributed by atoms with Crippen LogP contribution in [-0.4, -0.2) is 66.7 Å². The number of carbonyl (C=O) groups excluding carboxylic acids is 1. The van der Waals surface area contributed by atoms with Crippen molar-refractivity contribution in [1.82, 2.24) is 14.9 Å². The average molecular weight is 590 g/mol. The molecular formula is C30H32F5N5O2. The van der Waals surface area contributed by atoms with Crippen molar-refractivity contribution in [3.63, 3.8) is 0 Å². The summed E-state index contributed by atoms with van der Waals surface area (Å²) in [7, 11) is 4.06. The van der Waals surface area contributed by atoms with Gasteiger partial charge in [-0.1, -0.05) is 6.07 Å². The minimum atomic E-state index is -4.84. The number of fused-ring (bicyclic) bond motifs is 1. The largest absolute Gasteiger partial charge is 0.478 e. The highest BCUT2D eigenvalue weighted by molar-refractivity contribution is 5.99. The summed E-state index contributed by atoms with van der Waals surface area (Å²) in [6.07, 6.45) is -2.41. The molecule has 7 nitrogen and oxygen atoms in total. The van der Waals surface area contributed by atoms with Crippen LogP contribution in [0, 0.1) is 11.6 Å². The highest BCUT2D eigenvalue weighted by Crippen LogP contribution is 2.42. The predicted octanol–water partition coefficient (Wildman–Crippen LogP) is 5.70. The molecule has 2 aliphatic heterocycles. The Kier molecular flexibility index (Phi) is 8.10. The summed E-state index contributed by atoms with van der Waals surface area (Å²) in [6.45, 7) is 4.46. The number of nitrogens with zero attached hydrogens (tertiary/aromatic N) is 5. The van der Waals surface area contributed by atoms with Crippen LogP contribution in [0.4, 0.5) is 33.3 Å². The number of hydrogen-bond acceptors (Lipinski definition) is 6. The van der Waals surface area contributed by atoms with Gasteiger partial charge in [0.25, 0.3) is 5.91 Å². The van der Waals surface area contributed by atoms with Crippen molar-refractivity contribution in [3.8, 4) is 17.0 Å². The number of halogens is 5. The molecular weight excluding hydrogens is 557 g/mol. The van der Waals surface area contributed by atoms with Crippen LogP contribution in [0.1, 0.15) is 43.6 Å². The van der Waals surface area contributed by atoms with Gasteiger partial charge in [-0.05, 0) is 70.6 Å². The molecule has 1 fully saturated rings. The van der Waals surface area contributed by atoms with Crippen LogP contribution in [0.3, 0.4) is 0 Å². The molecule has 1 amide bonds. The first-order chi connectivity index (χ1) is 19.8. The van der Waals surface area contributed by atoms with Crippen molar-refractivity contribution in [1.29, 1.82) is 0 Å². The highest BCUT2D eigenvalue weighted by atomic mass is 19.4. The van der Waals surface area contributed by atoms with E-state index in [1.165, 1.54) is 17.0 Å². The molecule has 0 aliphatic carbocycles. The van der Waals surface area contributed by atoms with Crippen molar-refractivity contribution >= 4 is 17.3 Å². The van der Waals surface area contributed by atoms with Crippen LogP contribution in [0.5, 0.6) is 5.75 Å². The van der Waals surface area contributed by atoms with E-state index < -0.39 is 41.0 Å². The third-order valence-electron chi connectivity index (χ3n) is 7.74. The fraction of sp³-hybridized carbons (Fsp3) is 0.433. The predicted molar refractivity (Wildman–Crippen MR) is 149 cm³/mol. The Morgan fingerprint density at radius 3 is 2.38 bits per heavy atom. The van der Waals surface area contributed by atoms with E-state index in [2.05, 4.69) is 14.9 Å². The molecule has 0 saturated carbocycles. The molecule has 3 heterocycles. The SMILES string of the molecule is CC(C)N1C(=O)COc2c(F)cc(-c3nc(Cc4ccc(N5CCC(N(C)C)CC5)c(F)c4)ncc3C(F)(F)F)cc21. The molecule has 0 atom stereocenters. The molecule has 1 saturated heterocycles. The molecule has 2 aromatic carbocycles. The molecule has 1 aromatic heterocycles. The monoisotopic (exact) mass is 589 g/mol. The summed E-state index contributed by atoms with van der Waals surface area (Å²) in [5.74, 6) is -2.00. The van der Waals surface area contributed by atoms with Gasteiger partial charge >= 0.3 is 6.18 Å². The minimum Gasteiger partial charge on any atom is -0.478 e. The lowest BCUT2D eigenvalue weighted by molar-refractivity contribution is -0.137. The number of carbonyl (C=O) groups is 1. The number of ether oxygens (including phenoxy) is 1. The fourth-order valence-electron chi connectivity index (χ4n) is 5.60. The van der Waals surface area contributed by atoms with Gasteiger partial charge in [0.2, 0.25) is 0 Å². The lowest BCUT2D eigenvalue weighted by atomic mass is 10.0. The maximum absolute atomic E-state index is 15.2. The van der Waals surface area contributed by atoms with E-state index >= 15 is 8.78 Å². The van der Waals surface area contributed by atoms with Crippen molar-refractivity contribution in [2.75, 3.05) is 43.6 Å². The third-order valence-corrected chi connectivity index (χ3v) is 7.74. The Labute approximate surface area is 240 Å². The number of benzene rings is 2. The van der Waals surface area contributed by atoms with Gasteiger partial charge in [-0.2, -0.15) is 13.2 Å². The van der Waals surface area contributed by atoms with E-state index in [0.717, 1.165) is 18.9 Å². The minimum absolute atomic E-state index is 0.00289. The normalized spacial score (nSPS) is 16.3. The van der Waals surface area contributed by atoms with E-state index in [-0.39, 0.29) is 35.9 Å². The van der Waals surface area contributed by atoms with Gasteiger partial charge in [0, 0.05) is 43.4 Å². The second kappa shape index (κ2) is 11.5. The quantitative estimate of drug-likeness (QED) is 0.344. The first kappa shape index (κ1) is 29.7. The molecule has 12 heteroatoms. The Morgan fingerprint density at radius 2 is 1.76 bits per heavy atom. The van der Waals surface area contributed by atoms with Crippen LogP contribution in [0.25, 0.3) is 11.3 Å². The Morgan fingerprint density at radius 1 is 1.05 bits per heavy atom. The van der Waals surface area contributed by atoms with Crippen molar-refractivity contribution in [2.24, 2.45) is 0 Å². The molecule has 5 rings (SSSR count). The molecule has 2 aliphatic rings. The summed E-state index contributed by atoms with van der Waals surface area (Å²) in [4.78, 5) is 26.0. The molecule has 0 N–H and O–H groups in total. The van der Waals surface area contributed by atoms with Crippen LogP contribution < -0.4 is 14.5 Å². The number of amides is 1. The van der Waals surface area contributed by atoms with Crippen molar-refractivity contribution in [3.05, 3.63) is 65.1 Å². The maximum Gasteiger partial charge on any atom is 0.419 e. The molecule has 0 unspecified atom stereocenters. The molecule has 0 bridgehead atoms. The summed E-state index contributed by atoms with van der Waals surface area (Å²) in [5, 5.41) is 0. The number of rotatable bonds is 6. The van der Waals surface area contributed by atoms with Crippen LogP contribution in [0.15, 0.2) is 36.5 Å². The van der Waals surface area contributed by atoms with Gasteiger partial charge in [-0.25, -0.2) is 18.7 Å². The smallest absolute Gasteiger partial charge is 0.419 e. The molecule has 0 radical (unpaired) electrons. The van der Waals surface area contributed by atoms with Gasteiger partial charge in [0.15, 0.2) is 18.2 Å². The third kappa shape index (κ3) is 5.90. The van der Waals surface area contributed by atoms with E-state index in [1.807, 2.05) is 19.0 Å².